The van der Waals surface area contributed by atoms with E-state index >= 15 is 0 Å². The predicted molar refractivity (Wildman–Crippen MR) is 90.0 cm³/mol. The molecule has 0 saturated carbocycles. The second kappa shape index (κ2) is 6.11. The summed E-state index contributed by atoms with van der Waals surface area (Å²) < 4.78 is 14.6. The third kappa shape index (κ3) is 3.20. The summed E-state index contributed by atoms with van der Waals surface area (Å²) in [7, 11) is 0. The van der Waals surface area contributed by atoms with E-state index in [1.165, 1.54) is 17.0 Å². The van der Waals surface area contributed by atoms with E-state index in [1.807, 2.05) is 18.2 Å². The van der Waals surface area contributed by atoms with E-state index in [0.29, 0.717) is 0 Å². The first-order chi connectivity index (χ1) is 10.9. The molecular formula is C16H13BrClFN2O2. The molecule has 2 amide bonds. The molecule has 1 aliphatic heterocycles. The fourth-order valence-electron chi connectivity index (χ4n) is 2.48. The minimum atomic E-state index is -1.09. The van der Waals surface area contributed by atoms with Crippen LogP contribution in [0, 0.1) is 5.82 Å². The number of hydrogen-bond acceptors (Lipinski definition) is 2. The van der Waals surface area contributed by atoms with Crippen LogP contribution in [0.5, 0.6) is 0 Å². The third-order valence-electron chi connectivity index (χ3n) is 3.75. The number of amides is 2. The first-order valence-corrected chi connectivity index (χ1v) is 8.04. The van der Waals surface area contributed by atoms with Crippen LogP contribution < -0.4 is 5.32 Å². The van der Waals surface area contributed by atoms with Crippen molar-refractivity contribution in [3.05, 3.63) is 63.3 Å². The molecule has 1 fully saturated rings. The summed E-state index contributed by atoms with van der Waals surface area (Å²) in [5.41, 5.74) is -0.348. The van der Waals surface area contributed by atoms with E-state index in [0.717, 1.165) is 10.0 Å². The molecule has 0 radical (unpaired) electrons. The molecular weight excluding hydrogens is 387 g/mol. The van der Waals surface area contributed by atoms with Crippen LogP contribution in [0.3, 0.4) is 0 Å². The Morgan fingerprint density at radius 2 is 2.00 bits per heavy atom. The summed E-state index contributed by atoms with van der Waals surface area (Å²) in [5, 5.41) is 13.0. The first kappa shape index (κ1) is 16.2. The Morgan fingerprint density at radius 3 is 2.70 bits per heavy atom. The Balaban J connectivity index is 1.67. The van der Waals surface area contributed by atoms with Gasteiger partial charge in [0, 0.05) is 4.47 Å². The minimum Gasteiger partial charge on any atom is -0.381 e. The summed E-state index contributed by atoms with van der Waals surface area (Å²) in [4.78, 5) is 13.5. The third-order valence-corrected chi connectivity index (χ3v) is 4.53. The normalized spacial score (nSPS) is 15.9. The lowest BCUT2D eigenvalue weighted by molar-refractivity contribution is -0.0793. The second-order valence-electron chi connectivity index (χ2n) is 5.43. The molecule has 2 N–H and O–H groups in total. The fraction of sp³-hybridized carbons (Fsp3) is 0.188. The maximum absolute atomic E-state index is 13.8. The molecule has 0 aromatic heterocycles. The lowest BCUT2D eigenvalue weighted by Crippen LogP contribution is -2.62. The number of rotatable bonds is 2. The van der Waals surface area contributed by atoms with E-state index < -0.39 is 17.4 Å². The van der Waals surface area contributed by atoms with Gasteiger partial charge in [0.05, 0.1) is 23.8 Å². The van der Waals surface area contributed by atoms with Gasteiger partial charge in [0.1, 0.15) is 5.60 Å². The number of β-amino-alcohol motifs (C(OH)–C–C–N with tert-alkyl or cyclic N) is 1. The summed E-state index contributed by atoms with van der Waals surface area (Å²) in [6.07, 6.45) is 0. The highest BCUT2D eigenvalue weighted by Crippen LogP contribution is 2.33. The van der Waals surface area contributed by atoms with E-state index in [2.05, 4.69) is 21.2 Å². The van der Waals surface area contributed by atoms with Crippen molar-refractivity contribution in [2.45, 2.75) is 5.60 Å². The molecule has 1 aliphatic rings. The van der Waals surface area contributed by atoms with Crippen molar-refractivity contribution < 1.29 is 14.3 Å². The largest absolute Gasteiger partial charge is 0.381 e. The van der Waals surface area contributed by atoms with E-state index in [9.17, 15) is 14.3 Å². The van der Waals surface area contributed by atoms with Crippen LogP contribution in [0.25, 0.3) is 0 Å². The standard InChI is InChI=1S/C16H13BrClFN2O2/c17-11-4-1-3-10(7-11)16(23)8-21(9-16)15(22)20-13-6-2-5-12(18)14(13)19/h1-7,23H,8-9H2,(H,20,22). The van der Waals surface area contributed by atoms with Gasteiger partial charge in [0.2, 0.25) is 0 Å². The summed E-state index contributed by atoms with van der Waals surface area (Å²) in [6, 6.07) is 11.2. The number of nitrogens with one attached hydrogen (secondary N) is 1. The highest BCUT2D eigenvalue weighted by Gasteiger charge is 2.45. The maximum Gasteiger partial charge on any atom is 0.322 e. The molecule has 2 aromatic carbocycles. The van der Waals surface area contributed by atoms with Crippen molar-refractivity contribution in [1.29, 1.82) is 0 Å². The van der Waals surface area contributed by atoms with Gasteiger partial charge in [-0.3, -0.25) is 0 Å². The maximum atomic E-state index is 13.8. The Labute approximate surface area is 146 Å². The first-order valence-electron chi connectivity index (χ1n) is 6.87. The van der Waals surface area contributed by atoms with Gasteiger partial charge < -0.3 is 15.3 Å². The molecule has 7 heteroatoms. The zero-order valence-electron chi connectivity index (χ0n) is 11.9. The quantitative estimate of drug-likeness (QED) is 0.803. The number of benzene rings is 2. The zero-order valence-corrected chi connectivity index (χ0v) is 14.2. The average molecular weight is 400 g/mol. The van der Waals surface area contributed by atoms with Crippen molar-refractivity contribution in [3.63, 3.8) is 0 Å². The number of halogens is 3. The monoisotopic (exact) mass is 398 g/mol. The number of likely N-dealkylation sites (tertiary alicyclic amines) is 1. The van der Waals surface area contributed by atoms with Gasteiger partial charge in [-0.2, -0.15) is 0 Å². The molecule has 23 heavy (non-hydrogen) atoms. The lowest BCUT2D eigenvalue weighted by Gasteiger charge is -2.46. The van der Waals surface area contributed by atoms with Gasteiger partial charge >= 0.3 is 6.03 Å². The summed E-state index contributed by atoms with van der Waals surface area (Å²) in [5.74, 6) is -0.676. The lowest BCUT2D eigenvalue weighted by atomic mass is 9.86. The number of anilines is 1. The molecule has 0 unspecified atom stereocenters. The van der Waals surface area contributed by atoms with Crippen LogP contribution in [0.4, 0.5) is 14.9 Å². The van der Waals surface area contributed by atoms with Gasteiger partial charge in [-0.15, -0.1) is 0 Å². The molecule has 1 saturated heterocycles. The number of carbonyl (C=O) groups is 1. The Kier molecular flexibility index (Phi) is 4.31. The van der Waals surface area contributed by atoms with Crippen molar-refractivity contribution in [3.8, 4) is 0 Å². The number of nitrogens with zero attached hydrogens (tertiary/aromatic N) is 1. The van der Waals surface area contributed by atoms with Crippen LogP contribution in [0.1, 0.15) is 5.56 Å². The topological polar surface area (TPSA) is 52.6 Å². The molecule has 3 rings (SSSR count). The highest BCUT2D eigenvalue weighted by molar-refractivity contribution is 9.10. The molecule has 0 spiro atoms. The average Bonchev–Trinajstić information content (AvgIpc) is 2.48. The van der Waals surface area contributed by atoms with E-state index in [1.54, 1.807) is 12.1 Å². The molecule has 4 nitrogen and oxygen atoms in total. The number of hydrogen-bond donors (Lipinski definition) is 2. The molecule has 1 heterocycles. The van der Waals surface area contributed by atoms with Crippen molar-refractivity contribution in [2.24, 2.45) is 0 Å². The van der Waals surface area contributed by atoms with Gasteiger partial charge in [-0.05, 0) is 29.8 Å². The van der Waals surface area contributed by atoms with Crippen LogP contribution in [-0.2, 0) is 5.60 Å². The van der Waals surface area contributed by atoms with E-state index in [4.69, 9.17) is 11.6 Å². The van der Waals surface area contributed by atoms with Crippen LogP contribution in [0.2, 0.25) is 5.02 Å². The van der Waals surface area contributed by atoms with Crippen LogP contribution in [0.15, 0.2) is 46.9 Å². The molecule has 120 valence electrons. The van der Waals surface area contributed by atoms with Crippen molar-refractivity contribution in [1.82, 2.24) is 4.90 Å². The molecule has 0 bridgehead atoms. The van der Waals surface area contributed by atoms with Gasteiger partial charge in [-0.1, -0.05) is 45.7 Å². The number of aliphatic hydroxyl groups is 1. The predicted octanol–water partition coefficient (Wildman–Crippen LogP) is 3.98. The Hall–Kier alpha value is -1.63. The molecule has 0 aliphatic carbocycles. The van der Waals surface area contributed by atoms with Crippen LogP contribution >= 0.6 is 27.5 Å². The second-order valence-corrected chi connectivity index (χ2v) is 6.75. The van der Waals surface area contributed by atoms with Gasteiger partial charge in [0.15, 0.2) is 5.82 Å². The van der Waals surface area contributed by atoms with Gasteiger partial charge in [-0.25, -0.2) is 9.18 Å². The smallest absolute Gasteiger partial charge is 0.322 e. The number of carbonyl (C=O) groups excluding carboxylic acids is 1. The zero-order chi connectivity index (χ0) is 16.6. The molecule has 2 aromatic rings. The summed E-state index contributed by atoms with van der Waals surface area (Å²) in [6.45, 7) is 0.273. The Bertz CT molecular complexity index is 765. The fourth-order valence-corrected chi connectivity index (χ4v) is 3.06. The SMILES string of the molecule is O=C(Nc1cccc(Cl)c1F)N1CC(O)(c2cccc(Br)c2)C1. The summed E-state index contributed by atoms with van der Waals surface area (Å²) >= 11 is 9.03. The van der Waals surface area contributed by atoms with E-state index in [-0.39, 0.29) is 23.8 Å². The Morgan fingerprint density at radius 1 is 1.30 bits per heavy atom. The minimum absolute atomic E-state index is 0.0143. The van der Waals surface area contributed by atoms with Gasteiger partial charge in [0.25, 0.3) is 0 Å². The number of urea groups is 1. The highest BCUT2D eigenvalue weighted by atomic mass is 79.9. The van der Waals surface area contributed by atoms with Crippen molar-refractivity contribution in [2.75, 3.05) is 18.4 Å². The van der Waals surface area contributed by atoms with Crippen molar-refractivity contribution >= 4 is 39.2 Å². The molecule has 0 atom stereocenters. The van der Waals surface area contributed by atoms with Crippen LogP contribution in [-0.4, -0.2) is 29.1 Å².